The Morgan fingerprint density at radius 3 is 2.85 bits per heavy atom. The average Bonchev–Trinajstić information content (AvgIpc) is 3.40. The third-order valence-electron chi connectivity index (χ3n) is 5.09. The van der Waals surface area contributed by atoms with Crippen LogP contribution in [-0.4, -0.2) is 38.1 Å². The molecule has 4 aromatic rings. The van der Waals surface area contributed by atoms with Gasteiger partial charge in [-0.1, -0.05) is 35.9 Å². The van der Waals surface area contributed by atoms with Crippen LogP contribution in [0.5, 0.6) is 5.75 Å². The number of fused-ring (bicyclic) bond motifs is 1. The van der Waals surface area contributed by atoms with Crippen LogP contribution in [0.2, 0.25) is 5.02 Å². The third kappa shape index (κ3) is 5.35. The number of thiophene rings is 1. The van der Waals surface area contributed by atoms with E-state index in [1.165, 1.54) is 0 Å². The molecule has 33 heavy (non-hydrogen) atoms. The SMILES string of the molecule is C[C@@H](Oc1cc(-n2cnc3ccc(CSCCCO)cc32)sc1C(=O)O)c1ccccc1Cl. The van der Waals surface area contributed by atoms with E-state index in [4.69, 9.17) is 21.4 Å². The summed E-state index contributed by atoms with van der Waals surface area (Å²) in [4.78, 5) is 16.5. The van der Waals surface area contributed by atoms with E-state index < -0.39 is 12.1 Å². The molecule has 0 spiro atoms. The summed E-state index contributed by atoms with van der Waals surface area (Å²) >= 11 is 9.20. The zero-order chi connectivity index (χ0) is 23.4. The van der Waals surface area contributed by atoms with Gasteiger partial charge in [0.15, 0.2) is 4.88 Å². The minimum Gasteiger partial charge on any atom is -0.484 e. The molecule has 0 aliphatic carbocycles. The molecule has 2 aromatic carbocycles. The Morgan fingerprint density at radius 2 is 2.09 bits per heavy atom. The van der Waals surface area contributed by atoms with Gasteiger partial charge in [-0.15, -0.1) is 11.3 Å². The molecule has 4 rings (SSSR count). The zero-order valence-corrected chi connectivity index (χ0v) is 20.3. The zero-order valence-electron chi connectivity index (χ0n) is 17.9. The minimum absolute atomic E-state index is 0.126. The predicted molar refractivity (Wildman–Crippen MR) is 134 cm³/mol. The van der Waals surface area contributed by atoms with Gasteiger partial charge in [-0.2, -0.15) is 11.8 Å². The van der Waals surface area contributed by atoms with Crippen molar-refractivity contribution in [2.24, 2.45) is 0 Å². The van der Waals surface area contributed by atoms with Crippen LogP contribution in [-0.2, 0) is 5.75 Å². The second-order valence-electron chi connectivity index (χ2n) is 7.43. The Hall–Kier alpha value is -2.52. The largest absolute Gasteiger partial charge is 0.484 e. The number of halogens is 1. The number of benzene rings is 2. The summed E-state index contributed by atoms with van der Waals surface area (Å²) in [6.45, 7) is 2.04. The minimum atomic E-state index is -1.04. The maximum atomic E-state index is 11.9. The molecule has 0 amide bonds. The highest BCUT2D eigenvalue weighted by atomic mass is 35.5. The number of imidazole rings is 1. The Morgan fingerprint density at radius 1 is 1.27 bits per heavy atom. The average molecular weight is 503 g/mol. The quantitative estimate of drug-likeness (QED) is 0.251. The van der Waals surface area contributed by atoms with E-state index >= 15 is 0 Å². The number of ether oxygens (including phenoxy) is 1. The van der Waals surface area contributed by atoms with Crippen LogP contribution in [0.1, 0.15) is 40.2 Å². The Kier molecular flexibility index (Phi) is 7.60. The highest BCUT2D eigenvalue weighted by Gasteiger charge is 2.22. The normalized spacial score (nSPS) is 12.2. The van der Waals surface area contributed by atoms with Crippen LogP contribution in [0, 0.1) is 0 Å². The highest BCUT2D eigenvalue weighted by Crippen LogP contribution is 2.37. The number of carbonyl (C=O) groups is 1. The lowest BCUT2D eigenvalue weighted by atomic mass is 10.1. The summed E-state index contributed by atoms with van der Waals surface area (Å²) in [5, 5.41) is 20.0. The number of aliphatic hydroxyl groups excluding tert-OH is 1. The van der Waals surface area contributed by atoms with E-state index in [1.54, 1.807) is 30.2 Å². The molecule has 2 aromatic heterocycles. The first-order chi connectivity index (χ1) is 16.0. The van der Waals surface area contributed by atoms with Gasteiger partial charge in [-0.05, 0) is 42.9 Å². The molecule has 0 bridgehead atoms. The van der Waals surface area contributed by atoms with Crippen LogP contribution in [0.25, 0.3) is 16.0 Å². The van der Waals surface area contributed by atoms with Crippen molar-refractivity contribution in [1.82, 2.24) is 9.55 Å². The van der Waals surface area contributed by atoms with Gasteiger partial charge in [0.2, 0.25) is 0 Å². The van der Waals surface area contributed by atoms with E-state index in [-0.39, 0.29) is 11.5 Å². The van der Waals surface area contributed by atoms with Crippen LogP contribution in [0.4, 0.5) is 0 Å². The fourth-order valence-electron chi connectivity index (χ4n) is 3.45. The Labute approximate surface area is 204 Å². The number of hydrogen-bond donors (Lipinski definition) is 2. The van der Waals surface area contributed by atoms with Crippen molar-refractivity contribution in [3.8, 4) is 10.8 Å². The molecule has 6 nitrogen and oxygen atoms in total. The van der Waals surface area contributed by atoms with Crippen molar-refractivity contribution < 1.29 is 19.7 Å². The first-order valence-electron chi connectivity index (χ1n) is 10.4. The number of nitrogens with zero attached hydrogens (tertiary/aromatic N) is 2. The predicted octanol–water partition coefficient (Wildman–Crippen LogP) is 6.19. The van der Waals surface area contributed by atoms with Gasteiger partial charge in [0.25, 0.3) is 0 Å². The molecule has 0 aliphatic heterocycles. The molecule has 9 heteroatoms. The monoisotopic (exact) mass is 502 g/mol. The number of rotatable bonds is 10. The maximum Gasteiger partial charge on any atom is 0.349 e. The summed E-state index contributed by atoms with van der Waals surface area (Å²) in [6, 6.07) is 15.2. The highest BCUT2D eigenvalue weighted by molar-refractivity contribution is 7.98. The number of carboxylic acids is 1. The molecule has 0 fully saturated rings. The van der Waals surface area contributed by atoms with Gasteiger partial charge in [-0.3, -0.25) is 4.57 Å². The van der Waals surface area contributed by atoms with Gasteiger partial charge in [-0.25, -0.2) is 9.78 Å². The number of aromatic nitrogens is 2. The number of carboxylic acid groups (broad SMARTS) is 1. The summed E-state index contributed by atoms with van der Waals surface area (Å²) in [5.74, 6) is 0.978. The summed E-state index contributed by atoms with van der Waals surface area (Å²) in [7, 11) is 0. The smallest absolute Gasteiger partial charge is 0.349 e. The molecule has 2 heterocycles. The summed E-state index contributed by atoms with van der Waals surface area (Å²) < 4.78 is 7.94. The molecular weight excluding hydrogens is 480 g/mol. The second kappa shape index (κ2) is 10.6. The maximum absolute atomic E-state index is 11.9. The molecule has 1 atom stereocenters. The molecule has 0 radical (unpaired) electrons. The number of hydrogen-bond acceptors (Lipinski definition) is 6. The standard InChI is InChI=1S/C24H23ClN2O4S2/c1-15(17-5-2-3-6-18(17)25)31-21-12-22(33-23(21)24(29)30)27-14-26-19-8-7-16(11-20(19)27)13-32-10-4-9-28/h2-3,5-8,11-12,14-15,28H,4,9-10,13H2,1H3,(H,29,30)/t15-/m1/s1. The molecule has 2 N–H and O–H groups in total. The lowest BCUT2D eigenvalue weighted by Crippen LogP contribution is -2.06. The molecule has 0 aliphatic rings. The van der Waals surface area contributed by atoms with Crippen molar-refractivity contribution >= 4 is 51.7 Å². The molecule has 0 saturated carbocycles. The van der Waals surface area contributed by atoms with Crippen molar-refractivity contribution in [3.05, 3.63) is 75.9 Å². The lowest BCUT2D eigenvalue weighted by molar-refractivity contribution is 0.0696. The van der Waals surface area contributed by atoms with Crippen molar-refractivity contribution in [1.29, 1.82) is 0 Å². The van der Waals surface area contributed by atoms with E-state index in [0.29, 0.717) is 15.8 Å². The van der Waals surface area contributed by atoms with Crippen LogP contribution in [0.15, 0.2) is 54.9 Å². The fourth-order valence-corrected chi connectivity index (χ4v) is 5.55. The molecule has 172 valence electrons. The van der Waals surface area contributed by atoms with Crippen LogP contribution < -0.4 is 4.74 Å². The number of thioether (sulfide) groups is 1. The van der Waals surface area contributed by atoms with Crippen molar-refractivity contribution in [2.45, 2.75) is 25.2 Å². The van der Waals surface area contributed by atoms with Gasteiger partial charge in [0, 0.05) is 29.0 Å². The molecular formula is C24H23ClN2O4S2. The number of aromatic carboxylic acids is 1. The van der Waals surface area contributed by atoms with Crippen LogP contribution in [0.3, 0.4) is 0 Å². The second-order valence-corrected chi connectivity index (χ2v) is 9.98. The van der Waals surface area contributed by atoms with E-state index in [1.807, 2.05) is 41.8 Å². The fraction of sp³-hybridized carbons (Fsp3) is 0.250. The summed E-state index contributed by atoms with van der Waals surface area (Å²) in [6.07, 6.45) is 2.06. The molecule has 0 unspecified atom stereocenters. The van der Waals surface area contributed by atoms with Gasteiger partial charge in [0.1, 0.15) is 23.2 Å². The first-order valence-corrected chi connectivity index (χ1v) is 12.8. The topological polar surface area (TPSA) is 84.6 Å². The van der Waals surface area contributed by atoms with Crippen molar-refractivity contribution in [2.75, 3.05) is 12.4 Å². The van der Waals surface area contributed by atoms with Gasteiger partial charge >= 0.3 is 5.97 Å². The Bertz CT molecular complexity index is 1270. The summed E-state index contributed by atoms with van der Waals surface area (Å²) in [5.41, 5.74) is 3.67. The third-order valence-corrected chi connectivity index (χ3v) is 7.65. The lowest BCUT2D eigenvalue weighted by Gasteiger charge is -2.15. The Balaban J connectivity index is 1.64. The van der Waals surface area contributed by atoms with E-state index in [0.717, 1.165) is 51.4 Å². The van der Waals surface area contributed by atoms with Crippen molar-refractivity contribution in [3.63, 3.8) is 0 Å². The number of aliphatic hydroxyl groups is 1. The molecule has 0 saturated heterocycles. The first kappa shape index (κ1) is 23.6. The van der Waals surface area contributed by atoms with Gasteiger partial charge in [0.05, 0.1) is 11.0 Å². The van der Waals surface area contributed by atoms with Gasteiger partial charge < -0.3 is 14.9 Å². The van der Waals surface area contributed by atoms with E-state index in [2.05, 4.69) is 11.1 Å². The van der Waals surface area contributed by atoms with E-state index in [9.17, 15) is 9.90 Å². The van der Waals surface area contributed by atoms with Crippen LogP contribution >= 0.6 is 34.7 Å².